The van der Waals surface area contributed by atoms with Gasteiger partial charge < -0.3 is 9.64 Å². The van der Waals surface area contributed by atoms with Gasteiger partial charge in [0.2, 0.25) is 15.6 Å². The van der Waals surface area contributed by atoms with E-state index in [0.29, 0.717) is 6.54 Å². The van der Waals surface area contributed by atoms with Gasteiger partial charge in [-0.3, -0.25) is 4.79 Å². The van der Waals surface area contributed by atoms with Gasteiger partial charge >= 0.3 is 5.97 Å². The Balaban J connectivity index is 1.97. The number of para-hydroxylation sites is 1. The van der Waals surface area contributed by atoms with Crippen molar-refractivity contribution in [3.63, 3.8) is 0 Å². The molecule has 0 unspecified atom stereocenters. The number of esters is 1. The van der Waals surface area contributed by atoms with Crippen molar-refractivity contribution in [2.45, 2.75) is 4.90 Å². The molecule has 0 aliphatic carbocycles. The fourth-order valence-electron chi connectivity index (χ4n) is 3.19. The number of Topliss-reactive ketones (excluding diaryl/α,β-unsaturated/α-hetero) is 1. The van der Waals surface area contributed by atoms with Crippen LogP contribution in [0.3, 0.4) is 0 Å². The van der Waals surface area contributed by atoms with Crippen LogP contribution in [0.5, 0.6) is 0 Å². The van der Waals surface area contributed by atoms with E-state index in [1.807, 2.05) is 30.3 Å². The number of carbonyl (C=O) groups is 2. The molecule has 7 heteroatoms. The molecule has 3 rings (SSSR count). The molecule has 0 spiro atoms. The standard InChI is InChI=1S/C28H25NO5S/c1-2-27(30)34-22-21-29(24-15-8-4-9-16-24)20-12-19-26(28(31)23-13-6-3-7-14-23)35(32,33)25-17-10-5-11-18-25/h2-20H,1,21-22H2. The second-order valence-corrected chi connectivity index (χ2v) is 9.20. The molecule has 0 heterocycles. The largest absolute Gasteiger partial charge is 0.461 e. The summed E-state index contributed by atoms with van der Waals surface area (Å²) in [6.45, 7) is 3.77. The van der Waals surface area contributed by atoms with Crippen molar-refractivity contribution < 1.29 is 22.7 Å². The van der Waals surface area contributed by atoms with Crippen molar-refractivity contribution in [1.29, 1.82) is 0 Å². The van der Waals surface area contributed by atoms with Crippen LogP contribution in [0.4, 0.5) is 5.69 Å². The molecule has 0 atom stereocenters. The molecule has 0 saturated carbocycles. The van der Waals surface area contributed by atoms with Gasteiger partial charge in [-0.1, -0.05) is 73.3 Å². The molecule has 35 heavy (non-hydrogen) atoms. The van der Waals surface area contributed by atoms with Crippen molar-refractivity contribution in [3.8, 4) is 0 Å². The molecule has 0 aromatic heterocycles. The van der Waals surface area contributed by atoms with E-state index >= 15 is 0 Å². The van der Waals surface area contributed by atoms with Crippen LogP contribution in [0.15, 0.2) is 132 Å². The number of carbonyl (C=O) groups excluding carboxylic acids is 2. The Morgan fingerprint density at radius 2 is 1.43 bits per heavy atom. The Morgan fingerprint density at radius 1 is 0.857 bits per heavy atom. The van der Waals surface area contributed by atoms with Crippen LogP contribution < -0.4 is 4.90 Å². The maximum Gasteiger partial charge on any atom is 0.330 e. The minimum atomic E-state index is -4.08. The predicted molar refractivity (Wildman–Crippen MR) is 137 cm³/mol. The Labute approximate surface area is 205 Å². The summed E-state index contributed by atoms with van der Waals surface area (Å²) in [5.74, 6) is -1.14. The van der Waals surface area contributed by atoms with E-state index < -0.39 is 21.6 Å². The van der Waals surface area contributed by atoms with Crippen LogP contribution in [0.1, 0.15) is 10.4 Å². The van der Waals surface area contributed by atoms with E-state index in [4.69, 9.17) is 4.74 Å². The van der Waals surface area contributed by atoms with Crippen LogP contribution in [-0.2, 0) is 19.4 Å². The summed E-state index contributed by atoms with van der Waals surface area (Å²) in [5, 5.41) is 0. The lowest BCUT2D eigenvalue weighted by Crippen LogP contribution is -2.22. The number of hydrogen-bond donors (Lipinski definition) is 0. The van der Waals surface area contributed by atoms with Crippen molar-refractivity contribution in [2.75, 3.05) is 18.1 Å². The minimum absolute atomic E-state index is 0.0279. The quantitative estimate of drug-likeness (QED) is 0.164. The van der Waals surface area contributed by atoms with Crippen molar-refractivity contribution >= 4 is 27.3 Å². The van der Waals surface area contributed by atoms with Crippen LogP contribution in [-0.4, -0.2) is 33.3 Å². The fourth-order valence-corrected chi connectivity index (χ4v) is 4.58. The molecule has 3 aromatic rings. The summed E-state index contributed by atoms with van der Waals surface area (Å²) >= 11 is 0. The fraction of sp³-hybridized carbons (Fsp3) is 0.0714. The summed E-state index contributed by atoms with van der Waals surface area (Å²) < 4.78 is 31.8. The number of ketones is 1. The van der Waals surface area contributed by atoms with Gasteiger partial charge in [0, 0.05) is 23.5 Å². The lowest BCUT2D eigenvalue weighted by atomic mass is 10.1. The Morgan fingerprint density at radius 3 is 2.03 bits per heavy atom. The number of benzene rings is 3. The highest BCUT2D eigenvalue weighted by Gasteiger charge is 2.27. The van der Waals surface area contributed by atoms with E-state index in [1.165, 1.54) is 24.3 Å². The highest BCUT2D eigenvalue weighted by Crippen LogP contribution is 2.23. The highest BCUT2D eigenvalue weighted by atomic mass is 32.2. The maximum absolute atomic E-state index is 13.4. The van der Waals surface area contributed by atoms with Gasteiger partial charge in [0.15, 0.2) is 0 Å². The average molecular weight is 488 g/mol. The first kappa shape index (κ1) is 25.4. The molecule has 178 valence electrons. The normalized spacial score (nSPS) is 11.7. The molecule has 0 bridgehead atoms. The highest BCUT2D eigenvalue weighted by molar-refractivity contribution is 7.96. The topological polar surface area (TPSA) is 80.8 Å². The molecule has 3 aromatic carbocycles. The lowest BCUT2D eigenvalue weighted by Gasteiger charge is -2.20. The van der Waals surface area contributed by atoms with E-state index in [2.05, 4.69) is 6.58 Å². The number of nitrogens with zero attached hydrogens (tertiary/aromatic N) is 1. The monoisotopic (exact) mass is 487 g/mol. The molecule has 0 N–H and O–H groups in total. The molecule has 0 fully saturated rings. The Hall–Kier alpha value is -4.23. The molecule has 6 nitrogen and oxygen atoms in total. The second kappa shape index (κ2) is 12.3. The van der Waals surface area contributed by atoms with E-state index in [1.54, 1.807) is 59.6 Å². The third kappa shape index (κ3) is 6.88. The second-order valence-electron chi connectivity index (χ2n) is 7.28. The zero-order valence-corrected chi connectivity index (χ0v) is 19.8. The van der Waals surface area contributed by atoms with Gasteiger partial charge in [0.25, 0.3) is 0 Å². The summed E-state index contributed by atoms with van der Waals surface area (Å²) in [4.78, 5) is 26.1. The summed E-state index contributed by atoms with van der Waals surface area (Å²) in [5.41, 5.74) is 1.07. The van der Waals surface area contributed by atoms with Crippen LogP contribution in [0, 0.1) is 0 Å². The van der Waals surface area contributed by atoms with Gasteiger partial charge in [0.05, 0.1) is 11.4 Å². The summed E-state index contributed by atoms with van der Waals surface area (Å²) in [6, 6.07) is 25.4. The number of allylic oxidation sites excluding steroid dienone is 3. The van der Waals surface area contributed by atoms with E-state index in [9.17, 15) is 18.0 Å². The molecule has 0 aliphatic heterocycles. The van der Waals surface area contributed by atoms with Crippen molar-refractivity contribution in [1.82, 2.24) is 0 Å². The molecular weight excluding hydrogens is 462 g/mol. The predicted octanol–water partition coefficient (Wildman–Crippen LogP) is 4.98. The van der Waals surface area contributed by atoms with Gasteiger partial charge in [-0.15, -0.1) is 0 Å². The van der Waals surface area contributed by atoms with Gasteiger partial charge in [-0.25, -0.2) is 13.2 Å². The number of anilines is 1. The number of ether oxygens (including phenoxy) is 1. The Bertz CT molecular complexity index is 1320. The first-order valence-corrected chi connectivity index (χ1v) is 12.3. The summed E-state index contributed by atoms with van der Waals surface area (Å²) in [6.07, 6.45) is 5.51. The number of hydrogen-bond acceptors (Lipinski definition) is 6. The van der Waals surface area contributed by atoms with Crippen LogP contribution in [0.25, 0.3) is 0 Å². The Kier molecular flexibility index (Phi) is 8.92. The third-order valence-electron chi connectivity index (χ3n) is 4.95. The first-order valence-electron chi connectivity index (χ1n) is 10.8. The molecule has 0 saturated heterocycles. The SMILES string of the molecule is C=CC(=O)OCCN(C=CC=C(C(=O)c1ccccc1)S(=O)(=O)c1ccccc1)c1ccccc1. The first-order chi connectivity index (χ1) is 16.9. The van der Waals surface area contributed by atoms with Gasteiger partial charge in [0.1, 0.15) is 11.5 Å². The van der Waals surface area contributed by atoms with Crippen molar-refractivity contribution in [3.05, 3.63) is 132 Å². The minimum Gasteiger partial charge on any atom is -0.461 e. The van der Waals surface area contributed by atoms with Crippen LogP contribution in [0.2, 0.25) is 0 Å². The van der Waals surface area contributed by atoms with E-state index in [-0.39, 0.29) is 22.0 Å². The summed E-state index contributed by atoms with van der Waals surface area (Å²) in [7, 11) is -4.08. The zero-order chi connectivity index (χ0) is 25.1. The van der Waals surface area contributed by atoms with Gasteiger partial charge in [-0.2, -0.15) is 0 Å². The molecule has 0 aliphatic rings. The third-order valence-corrected chi connectivity index (χ3v) is 6.74. The maximum atomic E-state index is 13.4. The smallest absolute Gasteiger partial charge is 0.330 e. The number of rotatable bonds is 11. The zero-order valence-electron chi connectivity index (χ0n) is 19.0. The molecule has 0 amide bonds. The van der Waals surface area contributed by atoms with Crippen molar-refractivity contribution in [2.24, 2.45) is 0 Å². The average Bonchev–Trinajstić information content (AvgIpc) is 2.91. The van der Waals surface area contributed by atoms with Crippen LogP contribution >= 0.6 is 0 Å². The van der Waals surface area contributed by atoms with Gasteiger partial charge in [-0.05, 0) is 36.4 Å². The molecular formula is C28H25NO5S. The number of sulfone groups is 1. The van der Waals surface area contributed by atoms with E-state index in [0.717, 1.165) is 11.8 Å². The lowest BCUT2D eigenvalue weighted by molar-refractivity contribution is -0.137. The molecule has 0 radical (unpaired) electrons.